The lowest BCUT2D eigenvalue weighted by atomic mass is 10.1. The molecule has 1 fully saturated rings. The number of ether oxygens (including phenoxy) is 1. The number of carbonyl (C=O) groups excluding carboxylic acids is 1. The Morgan fingerprint density at radius 2 is 2.06 bits per heavy atom. The van der Waals surface area contributed by atoms with Crippen LogP contribution < -0.4 is 5.73 Å². The van der Waals surface area contributed by atoms with Gasteiger partial charge in [0, 0.05) is 18.8 Å². The molecule has 1 aliphatic heterocycles. The molecule has 0 aliphatic carbocycles. The molecule has 1 aliphatic rings. The van der Waals surface area contributed by atoms with Crippen molar-refractivity contribution in [3.8, 4) is 0 Å². The summed E-state index contributed by atoms with van der Waals surface area (Å²) >= 11 is 0. The lowest BCUT2D eigenvalue weighted by Gasteiger charge is -2.27. The second-order valence-corrected chi connectivity index (χ2v) is 3.64. The van der Waals surface area contributed by atoms with Crippen molar-refractivity contribution in [3.05, 3.63) is 29.6 Å². The number of nitrogens with zero attached hydrogens (tertiary/aromatic N) is 1. The van der Waals surface area contributed by atoms with Crippen LogP contribution in [0.25, 0.3) is 0 Å². The van der Waals surface area contributed by atoms with Crippen LogP contribution in [0, 0.1) is 5.82 Å². The lowest BCUT2D eigenvalue weighted by Crippen LogP contribution is -2.40. The largest absolute Gasteiger partial charge is 0.398 e. The zero-order valence-corrected chi connectivity index (χ0v) is 8.78. The van der Waals surface area contributed by atoms with Crippen LogP contribution in [0.4, 0.5) is 10.1 Å². The number of halogens is 1. The summed E-state index contributed by atoms with van der Waals surface area (Å²) in [6.45, 7) is 2.17. The third kappa shape index (κ3) is 2.14. The minimum Gasteiger partial charge on any atom is -0.398 e. The second kappa shape index (κ2) is 4.49. The highest BCUT2D eigenvalue weighted by Gasteiger charge is 2.20. The number of carbonyl (C=O) groups is 1. The Labute approximate surface area is 92.8 Å². The standard InChI is InChI=1S/C11H13FN2O2/c12-8-1-2-9(10(13)7-8)11(15)14-3-5-16-6-4-14/h1-2,7H,3-6,13H2. The van der Waals surface area contributed by atoms with Crippen molar-refractivity contribution in [2.45, 2.75) is 0 Å². The molecule has 0 radical (unpaired) electrons. The van der Waals surface area contributed by atoms with E-state index in [2.05, 4.69) is 0 Å². The summed E-state index contributed by atoms with van der Waals surface area (Å²) in [5.74, 6) is -0.600. The number of hydrogen-bond acceptors (Lipinski definition) is 3. The maximum atomic E-state index is 12.8. The third-order valence-electron chi connectivity index (χ3n) is 2.54. The van der Waals surface area contributed by atoms with Gasteiger partial charge in [-0.05, 0) is 18.2 Å². The number of nitrogens with two attached hydrogens (primary N) is 1. The van der Waals surface area contributed by atoms with Crippen molar-refractivity contribution in [1.29, 1.82) is 0 Å². The zero-order valence-electron chi connectivity index (χ0n) is 8.78. The molecule has 1 aromatic carbocycles. The third-order valence-corrected chi connectivity index (χ3v) is 2.54. The van der Waals surface area contributed by atoms with Gasteiger partial charge in [-0.25, -0.2) is 4.39 Å². The average Bonchev–Trinajstić information content (AvgIpc) is 2.29. The molecule has 1 amide bonds. The van der Waals surface area contributed by atoms with Gasteiger partial charge in [-0.2, -0.15) is 0 Å². The molecule has 1 saturated heterocycles. The Morgan fingerprint density at radius 3 is 2.69 bits per heavy atom. The minimum absolute atomic E-state index is 0.166. The predicted molar refractivity (Wildman–Crippen MR) is 57.5 cm³/mol. The minimum atomic E-state index is -0.434. The van der Waals surface area contributed by atoms with E-state index in [-0.39, 0.29) is 11.6 Å². The molecule has 1 aromatic rings. The smallest absolute Gasteiger partial charge is 0.256 e. The topological polar surface area (TPSA) is 55.6 Å². The van der Waals surface area contributed by atoms with Gasteiger partial charge >= 0.3 is 0 Å². The first kappa shape index (κ1) is 10.9. The summed E-state index contributed by atoms with van der Waals surface area (Å²) in [7, 11) is 0. The first-order chi connectivity index (χ1) is 7.68. The van der Waals surface area contributed by atoms with Gasteiger partial charge in [-0.1, -0.05) is 0 Å². The molecule has 4 nitrogen and oxygen atoms in total. The van der Waals surface area contributed by atoms with Crippen LogP contribution in [-0.2, 0) is 4.74 Å². The van der Waals surface area contributed by atoms with Crippen molar-refractivity contribution in [1.82, 2.24) is 4.90 Å². The summed E-state index contributed by atoms with van der Waals surface area (Å²) < 4.78 is 18.0. The van der Waals surface area contributed by atoms with Crippen LogP contribution in [0.2, 0.25) is 0 Å². The predicted octanol–water partition coefficient (Wildman–Crippen LogP) is 0.880. The summed E-state index contributed by atoms with van der Waals surface area (Å²) in [5, 5.41) is 0. The van der Waals surface area contributed by atoms with Crippen LogP contribution in [-0.4, -0.2) is 37.1 Å². The highest BCUT2D eigenvalue weighted by Crippen LogP contribution is 2.16. The van der Waals surface area contributed by atoms with Gasteiger partial charge in [0.2, 0.25) is 0 Å². The van der Waals surface area contributed by atoms with Crippen LogP contribution in [0.15, 0.2) is 18.2 Å². The Morgan fingerprint density at radius 1 is 1.38 bits per heavy atom. The molecule has 1 heterocycles. The van der Waals surface area contributed by atoms with Gasteiger partial charge in [0.15, 0.2) is 0 Å². The van der Waals surface area contributed by atoms with E-state index in [9.17, 15) is 9.18 Å². The number of amides is 1. The number of anilines is 1. The van der Waals surface area contributed by atoms with E-state index >= 15 is 0 Å². The number of morpholine rings is 1. The molecule has 0 unspecified atom stereocenters. The van der Waals surface area contributed by atoms with Gasteiger partial charge in [-0.3, -0.25) is 4.79 Å². The lowest BCUT2D eigenvalue weighted by molar-refractivity contribution is 0.0303. The fourth-order valence-corrected chi connectivity index (χ4v) is 1.67. The maximum Gasteiger partial charge on any atom is 0.256 e. The Balaban J connectivity index is 2.19. The van der Waals surface area contributed by atoms with Crippen molar-refractivity contribution in [2.75, 3.05) is 32.0 Å². The van der Waals surface area contributed by atoms with E-state index in [4.69, 9.17) is 10.5 Å². The first-order valence-corrected chi connectivity index (χ1v) is 5.10. The van der Waals surface area contributed by atoms with Crippen LogP contribution in [0.5, 0.6) is 0 Å². The normalized spacial score (nSPS) is 16.2. The van der Waals surface area contributed by atoms with E-state index in [0.717, 1.165) is 6.07 Å². The number of hydrogen-bond donors (Lipinski definition) is 1. The Kier molecular flexibility index (Phi) is 3.05. The van der Waals surface area contributed by atoms with Gasteiger partial charge in [0.25, 0.3) is 5.91 Å². The maximum absolute atomic E-state index is 12.8. The van der Waals surface area contributed by atoms with Crippen molar-refractivity contribution in [2.24, 2.45) is 0 Å². The highest BCUT2D eigenvalue weighted by atomic mass is 19.1. The van der Waals surface area contributed by atoms with E-state index in [1.54, 1.807) is 4.90 Å². The molecule has 0 saturated carbocycles. The van der Waals surface area contributed by atoms with Gasteiger partial charge in [0.05, 0.1) is 18.8 Å². The molecule has 5 heteroatoms. The number of nitrogen functional groups attached to an aromatic ring is 1. The molecule has 0 aromatic heterocycles. The van der Waals surface area contributed by atoms with Crippen molar-refractivity contribution < 1.29 is 13.9 Å². The second-order valence-electron chi connectivity index (χ2n) is 3.64. The summed E-state index contributed by atoms with van der Waals surface area (Å²) in [6, 6.07) is 3.82. The van der Waals surface area contributed by atoms with Crippen LogP contribution >= 0.6 is 0 Å². The molecular formula is C11H13FN2O2. The summed E-state index contributed by atoms with van der Waals surface area (Å²) in [6.07, 6.45) is 0. The van der Waals surface area contributed by atoms with Crippen LogP contribution in [0.1, 0.15) is 10.4 Å². The van der Waals surface area contributed by atoms with E-state index < -0.39 is 5.82 Å². The molecule has 2 N–H and O–H groups in total. The number of benzene rings is 1. The summed E-state index contributed by atoms with van der Waals surface area (Å²) in [4.78, 5) is 13.7. The highest BCUT2D eigenvalue weighted by molar-refractivity contribution is 5.99. The molecule has 0 atom stereocenters. The van der Waals surface area contributed by atoms with E-state index in [1.165, 1.54) is 12.1 Å². The van der Waals surface area contributed by atoms with Crippen molar-refractivity contribution >= 4 is 11.6 Å². The Hall–Kier alpha value is -1.62. The van der Waals surface area contributed by atoms with Gasteiger partial charge in [-0.15, -0.1) is 0 Å². The fraction of sp³-hybridized carbons (Fsp3) is 0.364. The molecular weight excluding hydrogens is 211 g/mol. The first-order valence-electron chi connectivity index (χ1n) is 5.10. The fourth-order valence-electron chi connectivity index (χ4n) is 1.67. The van der Waals surface area contributed by atoms with E-state index in [0.29, 0.717) is 31.9 Å². The van der Waals surface area contributed by atoms with Crippen LogP contribution in [0.3, 0.4) is 0 Å². The van der Waals surface area contributed by atoms with E-state index in [1.807, 2.05) is 0 Å². The average molecular weight is 224 g/mol. The zero-order chi connectivity index (χ0) is 11.5. The number of rotatable bonds is 1. The molecule has 2 rings (SSSR count). The quantitative estimate of drug-likeness (QED) is 0.720. The van der Waals surface area contributed by atoms with Gasteiger partial charge in [0.1, 0.15) is 5.82 Å². The molecule has 16 heavy (non-hydrogen) atoms. The SMILES string of the molecule is Nc1cc(F)ccc1C(=O)N1CCOCC1. The monoisotopic (exact) mass is 224 g/mol. The molecule has 0 bridgehead atoms. The molecule has 0 spiro atoms. The van der Waals surface area contributed by atoms with Gasteiger partial charge < -0.3 is 15.4 Å². The Bertz CT molecular complexity index is 403. The summed E-state index contributed by atoms with van der Waals surface area (Å²) in [5.41, 5.74) is 6.14. The van der Waals surface area contributed by atoms with Crippen molar-refractivity contribution in [3.63, 3.8) is 0 Å². The molecule has 86 valence electrons.